The van der Waals surface area contributed by atoms with Crippen LogP contribution in [0.1, 0.15) is 38.1 Å². The number of rotatable bonds is 4. The van der Waals surface area contributed by atoms with Crippen molar-refractivity contribution >= 4 is 17.1 Å². The van der Waals surface area contributed by atoms with Crippen LogP contribution in [0.15, 0.2) is 42.7 Å². The van der Waals surface area contributed by atoms with E-state index in [1.807, 2.05) is 37.3 Å². The van der Waals surface area contributed by atoms with Gasteiger partial charge in [-0.2, -0.15) is 0 Å². The normalized spacial score (nSPS) is 12.8. The van der Waals surface area contributed by atoms with Crippen molar-refractivity contribution in [2.75, 3.05) is 0 Å². The minimum absolute atomic E-state index is 0.0154. The van der Waals surface area contributed by atoms with E-state index in [2.05, 4.69) is 41.0 Å². The molecule has 0 aliphatic carbocycles. The third kappa shape index (κ3) is 3.79. The molecule has 0 bridgehead atoms. The molecule has 1 atom stereocenters. The zero-order valence-corrected chi connectivity index (χ0v) is 14.8. The number of nitrogens with one attached hydrogen (secondary N) is 2. The molecule has 1 amide bonds. The topological polar surface area (TPSA) is 79.9 Å². The number of fused-ring (bicyclic) bond motifs is 1. The van der Waals surface area contributed by atoms with Crippen molar-refractivity contribution in [3.63, 3.8) is 0 Å². The minimum atomic E-state index is -0.181. The summed E-state index contributed by atoms with van der Waals surface area (Å²) in [4.78, 5) is 24.3. The van der Waals surface area contributed by atoms with Crippen LogP contribution in [0.3, 0.4) is 0 Å². The van der Waals surface area contributed by atoms with E-state index < -0.39 is 0 Å². The molecule has 0 aliphatic rings. The van der Waals surface area contributed by atoms with Crippen LogP contribution in [0.2, 0.25) is 0 Å². The van der Waals surface area contributed by atoms with Crippen LogP contribution in [0.4, 0.5) is 0 Å². The Morgan fingerprint density at radius 1 is 1.24 bits per heavy atom. The van der Waals surface area contributed by atoms with Gasteiger partial charge in [-0.05, 0) is 24.5 Å². The summed E-state index contributed by atoms with van der Waals surface area (Å²) in [6.07, 6.45) is 3.16. The molecule has 0 spiro atoms. The van der Waals surface area contributed by atoms with E-state index in [4.69, 9.17) is 4.74 Å². The van der Waals surface area contributed by atoms with Gasteiger partial charge in [0.25, 0.3) is 5.91 Å². The van der Waals surface area contributed by atoms with E-state index >= 15 is 0 Å². The highest BCUT2D eigenvalue weighted by atomic mass is 16.5. The Balaban J connectivity index is 1.87. The molecule has 0 radical (unpaired) electrons. The first-order chi connectivity index (χ1) is 11.8. The van der Waals surface area contributed by atoms with Crippen LogP contribution in [0.5, 0.6) is 11.6 Å². The van der Waals surface area contributed by atoms with E-state index in [1.54, 1.807) is 6.20 Å². The average molecular weight is 338 g/mol. The molecule has 6 heteroatoms. The summed E-state index contributed by atoms with van der Waals surface area (Å²) in [5, 5.41) is 3.02. The Hall–Kier alpha value is -2.89. The first kappa shape index (κ1) is 17.0. The van der Waals surface area contributed by atoms with Crippen molar-refractivity contribution in [2.24, 2.45) is 5.41 Å². The van der Waals surface area contributed by atoms with Crippen LogP contribution >= 0.6 is 0 Å². The van der Waals surface area contributed by atoms with Gasteiger partial charge >= 0.3 is 0 Å². The first-order valence-corrected chi connectivity index (χ1v) is 8.22. The third-order valence-corrected chi connectivity index (χ3v) is 4.22. The fraction of sp³-hybridized carbons (Fsp3) is 0.316. The predicted octanol–water partition coefficient (Wildman–Crippen LogP) is 3.91. The fourth-order valence-electron chi connectivity index (χ4n) is 2.20. The second-order valence-corrected chi connectivity index (χ2v) is 7.08. The number of H-pyrrole nitrogens is 1. The molecule has 130 valence electrons. The van der Waals surface area contributed by atoms with Crippen LogP contribution in [0, 0.1) is 5.41 Å². The van der Waals surface area contributed by atoms with Gasteiger partial charge in [0, 0.05) is 12.2 Å². The van der Waals surface area contributed by atoms with E-state index in [0.717, 1.165) is 0 Å². The van der Waals surface area contributed by atoms with E-state index in [-0.39, 0.29) is 17.4 Å². The molecule has 0 aliphatic heterocycles. The molecule has 2 aromatic heterocycles. The smallest absolute Gasteiger partial charge is 0.255 e. The molecule has 6 nitrogen and oxygen atoms in total. The monoisotopic (exact) mass is 338 g/mol. The number of benzene rings is 1. The molecule has 0 saturated heterocycles. The number of carbonyl (C=O) groups is 1. The Morgan fingerprint density at radius 2 is 1.96 bits per heavy atom. The number of amides is 1. The highest BCUT2D eigenvalue weighted by Crippen LogP contribution is 2.23. The largest absolute Gasteiger partial charge is 0.437 e. The van der Waals surface area contributed by atoms with Crippen molar-refractivity contribution in [2.45, 2.75) is 33.7 Å². The summed E-state index contributed by atoms with van der Waals surface area (Å²) in [5.41, 5.74) is 1.47. The summed E-state index contributed by atoms with van der Waals surface area (Å²) in [5.74, 6) is 0.829. The lowest BCUT2D eigenvalue weighted by atomic mass is 9.88. The van der Waals surface area contributed by atoms with Gasteiger partial charge in [0.05, 0.1) is 11.8 Å². The minimum Gasteiger partial charge on any atom is -0.437 e. The van der Waals surface area contributed by atoms with E-state index in [1.165, 1.54) is 6.20 Å². The standard InChI is InChI=1S/C19H22N4O2/c1-12(19(2,3)4)22-18(24)14-10-20-17-16(14)23-15(11-21-17)25-13-8-6-5-7-9-13/h5-12H,1-4H3,(H,20,21)(H,22,24)/t12-/m0/s1. The summed E-state index contributed by atoms with van der Waals surface area (Å²) < 4.78 is 5.71. The molecule has 2 N–H and O–H groups in total. The molecule has 1 aromatic carbocycles. The van der Waals surface area contributed by atoms with Gasteiger partial charge in [-0.3, -0.25) is 4.79 Å². The van der Waals surface area contributed by atoms with Crippen LogP contribution < -0.4 is 10.1 Å². The quantitative estimate of drug-likeness (QED) is 0.756. The highest BCUT2D eigenvalue weighted by Gasteiger charge is 2.24. The number of aromatic amines is 1. The molecule has 3 aromatic rings. The summed E-state index contributed by atoms with van der Waals surface area (Å²) >= 11 is 0. The molecule has 2 heterocycles. The van der Waals surface area contributed by atoms with Crippen molar-refractivity contribution in [3.05, 3.63) is 48.3 Å². The zero-order chi connectivity index (χ0) is 18.0. The van der Waals surface area contributed by atoms with Gasteiger partial charge in [0.1, 0.15) is 11.3 Å². The van der Waals surface area contributed by atoms with Crippen LogP contribution in [-0.2, 0) is 0 Å². The number of hydrogen-bond acceptors (Lipinski definition) is 4. The summed E-state index contributed by atoms with van der Waals surface area (Å²) in [7, 11) is 0. The van der Waals surface area contributed by atoms with Gasteiger partial charge in [-0.15, -0.1) is 0 Å². The van der Waals surface area contributed by atoms with Crippen molar-refractivity contribution in [1.29, 1.82) is 0 Å². The summed E-state index contributed by atoms with van der Waals surface area (Å²) in [6.45, 7) is 8.23. The Morgan fingerprint density at radius 3 is 2.64 bits per heavy atom. The summed E-state index contributed by atoms with van der Waals surface area (Å²) in [6, 6.07) is 9.35. The second kappa shape index (κ2) is 6.55. The van der Waals surface area contributed by atoms with Crippen LogP contribution in [0.25, 0.3) is 11.2 Å². The van der Waals surface area contributed by atoms with Crippen molar-refractivity contribution in [1.82, 2.24) is 20.3 Å². The fourth-order valence-corrected chi connectivity index (χ4v) is 2.20. The number of para-hydroxylation sites is 1. The maximum atomic E-state index is 12.6. The number of carbonyl (C=O) groups excluding carboxylic acids is 1. The second-order valence-electron chi connectivity index (χ2n) is 7.08. The lowest BCUT2D eigenvalue weighted by Gasteiger charge is -2.27. The molecule has 0 fully saturated rings. The van der Waals surface area contributed by atoms with Gasteiger partial charge in [-0.1, -0.05) is 39.0 Å². The van der Waals surface area contributed by atoms with Gasteiger partial charge in [0.15, 0.2) is 5.65 Å². The maximum absolute atomic E-state index is 12.6. The molecule has 0 unspecified atom stereocenters. The number of aromatic nitrogens is 3. The highest BCUT2D eigenvalue weighted by molar-refractivity contribution is 6.04. The Labute approximate surface area is 146 Å². The Bertz CT molecular complexity index is 881. The van der Waals surface area contributed by atoms with Gasteiger partial charge in [-0.25, -0.2) is 9.97 Å². The van der Waals surface area contributed by atoms with Gasteiger partial charge in [0.2, 0.25) is 5.88 Å². The predicted molar refractivity (Wildman–Crippen MR) is 96.8 cm³/mol. The van der Waals surface area contributed by atoms with E-state index in [0.29, 0.717) is 28.4 Å². The molecule has 3 rings (SSSR count). The van der Waals surface area contributed by atoms with Crippen molar-refractivity contribution < 1.29 is 9.53 Å². The Kier molecular flexibility index (Phi) is 4.44. The van der Waals surface area contributed by atoms with Crippen molar-refractivity contribution in [3.8, 4) is 11.6 Å². The lowest BCUT2D eigenvalue weighted by Crippen LogP contribution is -2.41. The molecule has 25 heavy (non-hydrogen) atoms. The number of ether oxygens (including phenoxy) is 1. The number of nitrogens with zero attached hydrogens (tertiary/aromatic N) is 2. The molecular formula is C19H22N4O2. The van der Waals surface area contributed by atoms with Gasteiger partial charge < -0.3 is 15.0 Å². The van der Waals surface area contributed by atoms with Crippen LogP contribution in [-0.4, -0.2) is 26.9 Å². The lowest BCUT2D eigenvalue weighted by molar-refractivity contribution is 0.0911. The van der Waals surface area contributed by atoms with E-state index in [9.17, 15) is 4.79 Å². The average Bonchev–Trinajstić information content (AvgIpc) is 2.98. The number of hydrogen-bond donors (Lipinski definition) is 2. The third-order valence-electron chi connectivity index (χ3n) is 4.22. The first-order valence-electron chi connectivity index (χ1n) is 8.22. The molecular weight excluding hydrogens is 316 g/mol. The zero-order valence-electron chi connectivity index (χ0n) is 14.8. The maximum Gasteiger partial charge on any atom is 0.255 e. The molecule has 0 saturated carbocycles. The SMILES string of the molecule is C[C@H](NC(=O)c1c[nH]c2ncc(Oc3ccccc3)nc12)C(C)(C)C.